The number of piperazine rings is 1. The second-order valence-electron chi connectivity index (χ2n) is 7.43. The lowest BCUT2D eigenvalue weighted by Gasteiger charge is -2.37. The van der Waals surface area contributed by atoms with E-state index in [0.717, 1.165) is 38.2 Å². The number of hydrogen-bond donors (Lipinski definition) is 1. The van der Waals surface area contributed by atoms with E-state index in [4.69, 9.17) is 10.3 Å². The lowest BCUT2D eigenvalue weighted by Crippen LogP contribution is -2.49. The summed E-state index contributed by atoms with van der Waals surface area (Å²) >= 11 is 0. The first kappa shape index (κ1) is 25.4. The number of benzene rings is 1. The monoisotopic (exact) mass is 443 g/mol. The fourth-order valence-electron chi connectivity index (χ4n) is 3.25. The minimum atomic E-state index is 0. The zero-order chi connectivity index (χ0) is 19.4. The molecule has 1 aliphatic heterocycles. The van der Waals surface area contributed by atoms with Gasteiger partial charge in [-0.25, -0.2) is 0 Å². The van der Waals surface area contributed by atoms with E-state index in [1.165, 1.54) is 5.56 Å². The van der Waals surface area contributed by atoms with E-state index in [-0.39, 0.29) is 42.8 Å². The molecule has 1 fully saturated rings. The molecule has 7 nitrogen and oxygen atoms in total. The normalized spacial score (nSPS) is 16.5. The second-order valence-corrected chi connectivity index (χ2v) is 7.43. The molecule has 2 atom stereocenters. The van der Waals surface area contributed by atoms with Crippen LogP contribution in [0.4, 0.5) is 0 Å². The van der Waals surface area contributed by atoms with E-state index < -0.39 is 0 Å². The second kappa shape index (κ2) is 11.5. The summed E-state index contributed by atoms with van der Waals surface area (Å²) < 4.78 is 5.51. The van der Waals surface area contributed by atoms with Gasteiger partial charge in [0.1, 0.15) is 0 Å². The summed E-state index contributed by atoms with van der Waals surface area (Å²) in [5.74, 6) is 1.42. The molecule has 2 N–H and O–H groups in total. The standard InChI is InChI=1S/C20H29N5O2.2ClH/c1-14-4-7-17(8-5-14)19-22-20(27-23-19)16(3)24-10-12-25(13-11-24)18(26)9-6-15(2)21;;/h4-5,7-8,15-16H,6,9-13,21H2,1-3H3;2*1H. The van der Waals surface area contributed by atoms with Crippen LogP contribution in [0.25, 0.3) is 11.4 Å². The van der Waals surface area contributed by atoms with Gasteiger partial charge in [-0.3, -0.25) is 9.69 Å². The summed E-state index contributed by atoms with van der Waals surface area (Å²) in [6.45, 7) is 9.10. The first-order chi connectivity index (χ1) is 12.9. The molecule has 1 amide bonds. The Morgan fingerprint density at radius 1 is 1.14 bits per heavy atom. The molecule has 0 spiro atoms. The number of hydrogen-bond acceptors (Lipinski definition) is 6. The van der Waals surface area contributed by atoms with Gasteiger partial charge in [0.15, 0.2) is 0 Å². The number of rotatable bonds is 6. The van der Waals surface area contributed by atoms with E-state index in [9.17, 15) is 4.79 Å². The number of carbonyl (C=O) groups is 1. The summed E-state index contributed by atoms with van der Waals surface area (Å²) in [4.78, 5) is 21.0. The number of carbonyl (C=O) groups excluding carboxylic acids is 1. The molecule has 0 radical (unpaired) electrons. The number of amides is 1. The predicted molar refractivity (Wildman–Crippen MR) is 118 cm³/mol. The number of halogens is 2. The summed E-state index contributed by atoms with van der Waals surface area (Å²) in [5.41, 5.74) is 7.90. The van der Waals surface area contributed by atoms with Crippen molar-refractivity contribution < 1.29 is 9.32 Å². The van der Waals surface area contributed by atoms with E-state index in [2.05, 4.69) is 28.9 Å². The van der Waals surface area contributed by atoms with Gasteiger partial charge < -0.3 is 15.2 Å². The minimum Gasteiger partial charge on any atom is -0.340 e. The smallest absolute Gasteiger partial charge is 0.244 e. The average molecular weight is 444 g/mol. The molecule has 2 unspecified atom stereocenters. The van der Waals surface area contributed by atoms with Crippen LogP contribution >= 0.6 is 24.8 Å². The van der Waals surface area contributed by atoms with Gasteiger partial charge in [-0.15, -0.1) is 24.8 Å². The molecular formula is C20H31Cl2N5O2. The van der Waals surface area contributed by atoms with Crippen molar-refractivity contribution in [2.24, 2.45) is 5.73 Å². The predicted octanol–water partition coefficient (Wildman–Crippen LogP) is 3.22. The molecule has 2 heterocycles. The van der Waals surface area contributed by atoms with Gasteiger partial charge in [0.2, 0.25) is 17.6 Å². The highest BCUT2D eigenvalue weighted by Gasteiger charge is 2.27. The Balaban J connectivity index is 0.00000210. The van der Waals surface area contributed by atoms with Crippen LogP contribution in [0.15, 0.2) is 28.8 Å². The van der Waals surface area contributed by atoms with Gasteiger partial charge in [-0.1, -0.05) is 35.0 Å². The minimum absolute atomic E-state index is 0. The van der Waals surface area contributed by atoms with Gasteiger partial charge in [0.25, 0.3) is 0 Å². The fraction of sp³-hybridized carbons (Fsp3) is 0.550. The highest BCUT2D eigenvalue weighted by molar-refractivity contribution is 5.85. The maximum absolute atomic E-state index is 12.2. The van der Waals surface area contributed by atoms with Gasteiger partial charge >= 0.3 is 0 Å². The van der Waals surface area contributed by atoms with E-state index in [1.54, 1.807) is 0 Å². The average Bonchev–Trinajstić information content (AvgIpc) is 3.16. The molecule has 9 heteroatoms. The molecule has 1 aromatic heterocycles. The summed E-state index contributed by atoms with van der Waals surface area (Å²) in [6.07, 6.45) is 1.26. The van der Waals surface area contributed by atoms with Crippen molar-refractivity contribution in [3.63, 3.8) is 0 Å². The SMILES string of the molecule is Cc1ccc(-c2noc(C(C)N3CCN(C(=O)CCC(C)N)CC3)n2)cc1.Cl.Cl. The molecule has 0 saturated carbocycles. The third kappa shape index (κ3) is 6.67. The van der Waals surface area contributed by atoms with Crippen molar-refractivity contribution in [1.82, 2.24) is 19.9 Å². The first-order valence-corrected chi connectivity index (χ1v) is 9.62. The molecule has 162 valence electrons. The van der Waals surface area contributed by atoms with Crippen LogP contribution in [0, 0.1) is 6.92 Å². The van der Waals surface area contributed by atoms with Crippen molar-refractivity contribution >= 4 is 30.7 Å². The van der Waals surface area contributed by atoms with E-state index in [0.29, 0.717) is 18.1 Å². The van der Waals surface area contributed by atoms with Crippen LogP contribution < -0.4 is 5.73 Å². The number of nitrogens with zero attached hydrogens (tertiary/aromatic N) is 4. The molecular weight excluding hydrogens is 413 g/mol. The Kier molecular flexibility index (Phi) is 10.1. The third-order valence-electron chi connectivity index (χ3n) is 5.14. The van der Waals surface area contributed by atoms with Crippen LogP contribution in [-0.4, -0.2) is 58.1 Å². The number of aromatic nitrogens is 2. The van der Waals surface area contributed by atoms with Crippen LogP contribution in [-0.2, 0) is 4.79 Å². The van der Waals surface area contributed by atoms with E-state index >= 15 is 0 Å². The van der Waals surface area contributed by atoms with Crippen LogP contribution in [0.1, 0.15) is 44.2 Å². The maximum atomic E-state index is 12.2. The molecule has 1 saturated heterocycles. The largest absolute Gasteiger partial charge is 0.340 e. The molecule has 1 aliphatic rings. The zero-order valence-corrected chi connectivity index (χ0v) is 18.8. The quantitative estimate of drug-likeness (QED) is 0.736. The molecule has 0 aliphatic carbocycles. The number of aryl methyl sites for hydroxylation is 1. The van der Waals surface area contributed by atoms with Crippen LogP contribution in [0.3, 0.4) is 0 Å². The molecule has 0 bridgehead atoms. The summed E-state index contributed by atoms with van der Waals surface area (Å²) in [5, 5.41) is 4.13. The Morgan fingerprint density at radius 2 is 1.76 bits per heavy atom. The Bertz CT molecular complexity index is 758. The highest BCUT2D eigenvalue weighted by atomic mass is 35.5. The van der Waals surface area contributed by atoms with E-state index in [1.807, 2.05) is 36.1 Å². The third-order valence-corrected chi connectivity index (χ3v) is 5.14. The summed E-state index contributed by atoms with van der Waals surface area (Å²) in [7, 11) is 0. The highest BCUT2D eigenvalue weighted by Crippen LogP contribution is 2.24. The first-order valence-electron chi connectivity index (χ1n) is 9.62. The Hall–Kier alpha value is -1.67. The van der Waals surface area contributed by atoms with Gasteiger partial charge in [0.05, 0.1) is 6.04 Å². The van der Waals surface area contributed by atoms with Crippen molar-refractivity contribution in [2.45, 2.75) is 45.7 Å². The van der Waals surface area contributed by atoms with Crippen LogP contribution in [0.5, 0.6) is 0 Å². The summed E-state index contributed by atoms with van der Waals surface area (Å²) in [6, 6.07) is 8.17. The zero-order valence-electron chi connectivity index (χ0n) is 17.2. The lowest BCUT2D eigenvalue weighted by molar-refractivity contribution is -0.133. The Morgan fingerprint density at radius 3 is 2.34 bits per heavy atom. The van der Waals surface area contributed by atoms with Crippen molar-refractivity contribution in [3.05, 3.63) is 35.7 Å². The van der Waals surface area contributed by atoms with Crippen LogP contribution in [0.2, 0.25) is 0 Å². The Labute approximate surface area is 184 Å². The van der Waals surface area contributed by atoms with Gasteiger partial charge in [-0.05, 0) is 27.2 Å². The fourth-order valence-corrected chi connectivity index (χ4v) is 3.25. The molecule has 29 heavy (non-hydrogen) atoms. The lowest BCUT2D eigenvalue weighted by atomic mass is 10.1. The maximum Gasteiger partial charge on any atom is 0.244 e. The van der Waals surface area contributed by atoms with Crippen molar-refractivity contribution in [3.8, 4) is 11.4 Å². The van der Waals surface area contributed by atoms with Crippen molar-refractivity contribution in [2.75, 3.05) is 26.2 Å². The molecule has 1 aromatic carbocycles. The van der Waals surface area contributed by atoms with Gasteiger partial charge in [-0.2, -0.15) is 4.98 Å². The number of nitrogens with two attached hydrogens (primary N) is 1. The molecule has 2 aromatic rings. The van der Waals surface area contributed by atoms with Crippen molar-refractivity contribution in [1.29, 1.82) is 0 Å². The van der Waals surface area contributed by atoms with Gasteiger partial charge in [0, 0.05) is 44.2 Å². The molecule has 3 rings (SSSR count). The topological polar surface area (TPSA) is 88.5 Å².